The SMILES string of the molecule is Cc1noc(NS(=O)(=O)c2ccc(NC(=O)[C@@H]3[C@@H](C(=O)O)[C@H]4CC[C@H]3O4)cc2)c1C. The number of ether oxygens (including phenoxy) is 1. The van der Waals surface area contributed by atoms with Crippen LogP contribution in [0.3, 0.4) is 0 Å². The van der Waals surface area contributed by atoms with E-state index in [2.05, 4.69) is 15.2 Å². The van der Waals surface area contributed by atoms with Gasteiger partial charge in [0.05, 0.1) is 34.6 Å². The van der Waals surface area contributed by atoms with E-state index < -0.39 is 45.9 Å². The van der Waals surface area contributed by atoms with Crippen molar-refractivity contribution in [2.75, 3.05) is 10.0 Å². The van der Waals surface area contributed by atoms with Gasteiger partial charge in [-0.1, -0.05) is 5.16 Å². The minimum absolute atomic E-state index is 0.0272. The monoisotopic (exact) mass is 435 g/mol. The Kier molecular flexibility index (Phi) is 5.02. The van der Waals surface area contributed by atoms with Gasteiger partial charge in [-0.25, -0.2) is 13.1 Å². The topological polar surface area (TPSA) is 148 Å². The summed E-state index contributed by atoms with van der Waals surface area (Å²) < 4.78 is 38.0. The summed E-state index contributed by atoms with van der Waals surface area (Å²) in [5.74, 6) is -3.10. The van der Waals surface area contributed by atoms with Gasteiger partial charge in [0.15, 0.2) is 0 Å². The Morgan fingerprint density at radius 3 is 2.30 bits per heavy atom. The molecule has 160 valence electrons. The number of amides is 1. The summed E-state index contributed by atoms with van der Waals surface area (Å²) in [5, 5.41) is 15.8. The van der Waals surface area contributed by atoms with Gasteiger partial charge < -0.3 is 19.7 Å². The van der Waals surface area contributed by atoms with Crippen LogP contribution in [0.25, 0.3) is 0 Å². The first kappa shape index (κ1) is 20.4. The Morgan fingerprint density at radius 2 is 1.73 bits per heavy atom. The van der Waals surface area contributed by atoms with E-state index in [1.807, 2.05) is 0 Å². The number of hydrogen-bond donors (Lipinski definition) is 3. The molecule has 30 heavy (non-hydrogen) atoms. The van der Waals surface area contributed by atoms with Crippen LogP contribution in [0.15, 0.2) is 33.7 Å². The number of aliphatic carboxylic acids is 1. The van der Waals surface area contributed by atoms with E-state index >= 15 is 0 Å². The van der Waals surface area contributed by atoms with Crippen molar-refractivity contribution in [2.24, 2.45) is 11.8 Å². The summed E-state index contributed by atoms with van der Waals surface area (Å²) in [7, 11) is -3.90. The molecule has 3 N–H and O–H groups in total. The first-order valence-corrected chi connectivity index (χ1v) is 10.9. The van der Waals surface area contributed by atoms with Crippen LogP contribution in [-0.2, 0) is 24.3 Å². The maximum atomic E-state index is 12.7. The molecule has 11 heteroatoms. The number of nitrogens with one attached hydrogen (secondary N) is 2. The summed E-state index contributed by atoms with van der Waals surface area (Å²) in [4.78, 5) is 24.2. The van der Waals surface area contributed by atoms with Crippen molar-refractivity contribution in [3.8, 4) is 0 Å². The molecule has 10 nitrogen and oxygen atoms in total. The molecule has 0 aliphatic carbocycles. The molecule has 2 bridgehead atoms. The fraction of sp³-hybridized carbons (Fsp3) is 0.421. The first-order chi connectivity index (χ1) is 14.2. The number of carbonyl (C=O) groups excluding carboxylic acids is 1. The summed E-state index contributed by atoms with van der Waals surface area (Å²) in [6, 6.07) is 5.55. The van der Waals surface area contributed by atoms with Crippen LogP contribution in [0.2, 0.25) is 0 Å². The number of benzene rings is 1. The highest BCUT2D eigenvalue weighted by molar-refractivity contribution is 7.92. The van der Waals surface area contributed by atoms with Gasteiger partial charge in [-0.05, 0) is 51.0 Å². The smallest absolute Gasteiger partial charge is 0.310 e. The van der Waals surface area contributed by atoms with Gasteiger partial charge in [-0.3, -0.25) is 9.59 Å². The quantitative estimate of drug-likeness (QED) is 0.623. The van der Waals surface area contributed by atoms with Crippen LogP contribution < -0.4 is 10.0 Å². The predicted molar refractivity (Wildman–Crippen MR) is 104 cm³/mol. The van der Waals surface area contributed by atoms with Gasteiger partial charge in [0.25, 0.3) is 10.0 Å². The van der Waals surface area contributed by atoms with Crippen molar-refractivity contribution in [1.29, 1.82) is 0 Å². The standard InChI is InChI=1S/C19H21N3O7S/c1-9-10(2)21-29-18(9)22-30(26,27)12-5-3-11(4-6-12)20-17(23)15-13-7-8-14(28-13)16(15)19(24)25/h3-6,13-16,22H,7-8H2,1-2H3,(H,20,23)(H,24,25)/t13-,14-,15+,16+/m1/s1. The van der Waals surface area contributed by atoms with Crippen molar-refractivity contribution in [2.45, 2.75) is 43.8 Å². The van der Waals surface area contributed by atoms with Gasteiger partial charge in [0.2, 0.25) is 11.8 Å². The van der Waals surface area contributed by atoms with Crippen molar-refractivity contribution < 1.29 is 32.4 Å². The van der Waals surface area contributed by atoms with Gasteiger partial charge >= 0.3 is 5.97 Å². The molecule has 2 aliphatic heterocycles. The number of nitrogens with zero attached hydrogens (tertiary/aromatic N) is 1. The molecule has 1 aromatic carbocycles. The zero-order chi connectivity index (χ0) is 21.6. The highest BCUT2D eigenvalue weighted by Crippen LogP contribution is 2.44. The van der Waals surface area contributed by atoms with E-state index in [1.165, 1.54) is 24.3 Å². The first-order valence-electron chi connectivity index (χ1n) is 9.42. The number of carbonyl (C=O) groups is 2. The van der Waals surface area contributed by atoms with Crippen LogP contribution in [-0.4, -0.2) is 42.8 Å². The third-order valence-electron chi connectivity index (χ3n) is 5.68. The summed E-state index contributed by atoms with van der Waals surface area (Å²) in [6.07, 6.45) is 0.434. The highest BCUT2D eigenvalue weighted by Gasteiger charge is 2.55. The van der Waals surface area contributed by atoms with Gasteiger partial charge in [0, 0.05) is 11.3 Å². The molecule has 2 saturated heterocycles. The van der Waals surface area contributed by atoms with E-state index in [-0.39, 0.29) is 10.8 Å². The molecule has 2 aromatic rings. The Hall–Kier alpha value is -2.92. The van der Waals surface area contributed by atoms with E-state index in [9.17, 15) is 23.1 Å². The lowest BCUT2D eigenvalue weighted by atomic mass is 9.78. The van der Waals surface area contributed by atoms with Crippen molar-refractivity contribution in [3.05, 3.63) is 35.5 Å². The number of hydrogen-bond acceptors (Lipinski definition) is 7. The second-order valence-electron chi connectivity index (χ2n) is 7.52. The summed E-state index contributed by atoms with van der Waals surface area (Å²) in [6.45, 7) is 3.39. The molecule has 3 heterocycles. The van der Waals surface area contributed by atoms with Crippen molar-refractivity contribution >= 4 is 33.5 Å². The molecule has 1 aromatic heterocycles. The summed E-state index contributed by atoms with van der Waals surface area (Å²) in [5.41, 5.74) is 1.52. The average Bonchev–Trinajstić information content (AvgIpc) is 3.39. The third kappa shape index (κ3) is 3.54. The van der Waals surface area contributed by atoms with Crippen LogP contribution in [0, 0.1) is 25.7 Å². The fourth-order valence-corrected chi connectivity index (χ4v) is 5.01. The highest BCUT2D eigenvalue weighted by atomic mass is 32.2. The van der Waals surface area contributed by atoms with E-state index in [0.717, 1.165) is 0 Å². The Labute approximate surface area is 172 Å². The largest absolute Gasteiger partial charge is 0.481 e. The molecule has 4 atom stereocenters. The molecule has 1 amide bonds. The molecule has 0 saturated carbocycles. The fourth-order valence-electron chi connectivity index (χ4n) is 3.96. The third-order valence-corrected chi connectivity index (χ3v) is 7.02. The lowest BCUT2D eigenvalue weighted by Crippen LogP contribution is -2.40. The van der Waals surface area contributed by atoms with Gasteiger partial charge in [-0.2, -0.15) is 0 Å². The number of anilines is 2. The van der Waals surface area contributed by atoms with Gasteiger partial charge in [0.1, 0.15) is 0 Å². The number of carboxylic acid groups (broad SMARTS) is 1. The van der Waals surface area contributed by atoms with Crippen LogP contribution in [0.5, 0.6) is 0 Å². The number of aromatic nitrogens is 1. The second-order valence-corrected chi connectivity index (χ2v) is 9.20. The van der Waals surface area contributed by atoms with Crippen LogP contribution >= 0.6 is 0 Å². The predicted octanol–water partition coefficient (Wildman–Crippen LogP) is 1.91. The molecular formula is C19H21N3O7S. The van der Waals surface area contributed by atoms with Crippen molar-refractivity contribution in [1.82, 2.24) is 5.16 Å². The zero-order valence-electron chi connectivity index (χ0n) is 16.3. The zero-order valence-corrected chi connectivity index (χ0v) is 17.1. The van der Waals surface area contributed by atoms with Crippen LogP contribution in [0.1, 0.15) is 24.1 Å². The Morgan fingerprint density at radius 1 is 1.10 bits per heavy atom. The number of fused-ring (bicyclic) bond motifs is 2. The van der Waals surface area contributed by atoms with E-state index in [4.69, 9.17) is 9.26 Å². The lowest BCUT2D eigenvalue weighted by Gasteiger charge is -2.23. The summed E-state index contributed by atoms with van der Waals surface area (Å²) >= 11 is 0. The average molecular weight is 435 g/mol. The molecule has 2 aliphatic rings. The molecule has 2 fully saturated rings. The number of sulfonamides is 1. The molecule has 0 radical (unpaired) electrons. The van der Waals surface area contributed by atoms with E-state index in [1.54, 1.807) is 13.8 Å². The molecule has 0 spiro atoms. The molecule has 0 unspecified atom stereocenters. The maximum absolute atomic E-state index is 12.7. The lowest BCUT2D eigenvalue weighted by molar-refractivity contribution is -0.147. The number of carboxylic acids is 1. The molecular weight excluding hydrogens is 414 g/mol. The minimum Gasteiger partial charge on any atom is -0.481 e. The molecule has 4 rings (SSSR count). The Balaban J connectivity index is 1.46. The minimum atomic E-state index is -3.90. The second kappa shape index (κ2) is 7.40. The normalized spacial score (nSPS) is 25.3. The Bertz CT molecular complexity index is 1090. The number of rotatable bonds is 6. The van der Waals surface area contributed by atoms with Gasteiger partial charge in [-0.15, -0.1) is 0 Å². The van der Waals surface area contributed by atoms with Crippen LogP contribution in [0.4, 0.5) is 11.6 Å². The maximum Gasteiger partial charge on any atom is 0.310 e. The van der Waals surface area contributed by atoms with Crippen molar-refractivity contribution in [3.63, 3.8) is 0 Å². The number of aryl methyl sites for hydroxylation is 1. The van der Waals surface area contributed by atoms with E-state index in [0.29, 0.717) is 29.8 Å².